The maximum absolute atomic E-state index is 6.90. The van der Waals surface area contributed by atoms with Crippen LogP contribution in [0.25, 0.3) is 50.2 Å². The summed E-state index contributed by atoms with van der Waals surface area (Å²) in [5, 5.41) is 3.61. The Morgan fingerprint density at radius 2 is 1.65 bits per heavy atom. The Bertz CT molecular complexity index is 2440. The minimum absolute atomic E-state index is 0.132. The molecule has 9 rings (SSSR count). The van der Waals surface area contributed by atoms with Gasteiger partial charge in [0.15, 0.2) is 0 Å². The first kappa shape index (κ1) is 28.9. The highest BCUT2D eigenvalue weighted by Gasteiger charge is 2.41. The van der Waals surface area contributed by atoms with Gasteiger partial charge in [0.25, 0.3) is 0 Å². The van der Waals surface area contributed by atoms with E-state index >= 15 is 0 Å². The Kier molecular flexibility index (Phi) is 6.55. The minimum Gasteiger partial charge on any atom is -0.455 e. The highest BCUT2D eigenvalue weighted by atomic mass is 16.3. The van der Waals surface area contributed by atoms with Gasteiger partial charge in [0.2, 0.25) is 0 Å². The molecule has 0 N–H and O–H groups in total. The average Bonchev–Trinajstić information content (AvgIpc) is 3.74. The molecule has 3 aliphatic rings. The van der Waals surface area contributed by atoms with Crippen molar-refractivity contribution >= 4 is 55.9 Å². The Hall–Kier alpha value is -5.28. The summed E-state index contributed by atoms with van der Waals surface area (Å²) in [5.41, 5.74) is 15.9. The van der Waals surface area contributed by atoms with Gasteiger partial charge in [-0.2, -0.15) is 0 Å². The molecule has 0 fully saturated rings. The Balaban J connectivity index is 1.36. The molecule has 48 heavy (non-hydrogen) atoms. The van der Waals surface area contributed by atoms with E-state index in [1.54, 1.807) is 0 Å². The van der Waals surface area contributed by atoms with Crippen molar-refractivity contribution < 1.29 is 4.42 Å². The van der Waals surface area contributed by atoms with Crippen LogP contribution in [0.15, 0.2) is 131 Å². The van der Waals surface area contributed by atoms with Crippen molar-refractivity contribution in [2.75, 3.05) is 4.90 Å². The molecular formula is C45H40N2O. The third-order valence-electron chi connectivity index (χ3n) is 10.8. The van der Waals surface area contributed by atoms with Gasteiger partial charge < -0.3 is 13.9 Å². The summed E-state index contributed by atoms with van der Waals surface area (Å²) in [6.07, 6.45) is 20.2. The summed E-state index contributed by atoms with van der Waals surface area (Å²) in [4.78, 5) is 2.46. The summed E-state index contributed by atoms with van der Waals surface area (Å²) >= 11 is 0. The monoisotopic (exact) mass is 624 g/mol. The number of nitrogens with zero attached hydrogens (tertiary/aromatic N) is 2. The lowest BCUT2D eigenvalue weighted by Gasteiger charge is -2.30. The third-order valence-corrected chi connectivity index (χ3v) is 10.8. The molecule has 0 spiro atoms. The van der Waals surface area contributed by atoms with E-state index in [9.17, 15) is 0 Å². The van der Waals surface area contributed by atoms with Crippen LogP contribution in [-0.2, 0) is 11.8 Å². The highest BCUT2D eigenvalue weighted by molar-refractivity contribution is 6.17. The SMILES string of the molecule is C/C=C\C(=C/C)N(c1ccc2c(c1)c1c(n2-c2ccccc2)CCC=C1)c1cc2c(c3oc4ccccc4c13)C1=C(C=CCC1)C2(C)C. The zero-order valence-electron chi connectivity index (χ0n) is 28.2. The molecule has 3 aliphatic carbocycles. The van der Waals surface area contributed by atoms with E-state index in [4.69, 9.17) is 4.42 Å². The van der Waals surface area contributed by atoms with Gasteiger partial charge in [-0.3, -0.25) is 0 Å². The maximum Gasteiger partial charge on any atom is 0.145 e. The van der Waals surface area contributed by atoms with Crippen LogP contribution in [0.1, 0.15) is 69.3 Å². The molecule has 2 heterocycles. The van der Waals surface area contributed by atoms with Crippen molar-refractivity contribution in [1.82, 2.24) is 4.57 Å². The van der Waals surface area contributed by atoms with E-state index in [0.29, 0.717) is 0 Å². The average molecular weight is 625 g/mol. The lowest BCUT2D eigenvalue weighted by Crippen LogP contribution is -2.19. The van der Waals surface area contributed by atoms with Gasteiger partial charge in [-0.15, -0.1) is 0 Å². The first-order valence-corrected chi connectivity index (χ1v) is 17.4. The molecule has 0 aliphatic heterocycles. The van der Waals surface area contributed by atoms with Crippen molar-refractivity contribution in [2.24, 2.45) is 0 Å². The van der Waals surface area contributed by atoms with Crippen LogP contribution in [0.5, 0.6) is 0 Å². The molecule has 0 unspecified atom stereocenters. The molecule has 236 valence electrons. The van der Waals surface area contributed by atoms with Crippen LogP contribution in [0.4, 0.5) is 11.4 Å². The van der Waals surface area contributed by atoms with E-state index in [1.807, 2.05) is 0 Å². The van der Waals surface area contributed by atoms with Gasteiger partial charge in [-0.05, 0) is 105 Å². The van der Waals surface area contributed by atoms with Crippen LogP contribution < -0.4 is 4.90 Å². The van der Waals surface area contributed by atoms with E-state index in [1.165, 1.54) is 55.5 Å². The summed E-state index contributed by atoms with van der Waals surface area (Å²) in [5.74, 6) is 0. The van der Waals surface area contributed by atoms with Crippen LogP contribution in [0.2, 0.25) is 0 Å². The van der Waals surface area contributed by atoms with Gasteiger partial charge in [-0.1, -0.05) is 86.7 Å². The fraction of sp³-hybridized carbons (Fsp3) is 0.200. The predicted molar refractivity (Wildman–Crippen MR) is 203 cm³/mol. The maximum atomic E-state index is 6.90. The number of aromatic nitrogens is 1. The second-order valence-corrected chi connectivity index (χ2v) is 13.8. The van der Waals surface area contributed by atoms with E-state index in [-0.39, 0.29) is 5.41 Å². The number of hydrogen-bond acceptors (Lipinski definition) is 2. The molecule has 3 heteroatoms. The predicted octanol–water partition coefficient (Wildman–Crippen LogP) is 12.5. The molecular weight excluding hydrogens is 585 g/mol. The van der Waals surface area contributed by atoms with Crippen molar-refractivity contribution in [3.05, 3.63) is 149 Å². The summed E-state index contributed by atoms with van der Waals surface area (Å²) in [6.45, 7) is 9.01. The zero-order chi connectivity index (χ0) is 32.6. The first-order chi connectivity index (χ1) is 23.5. The van der Waals surface area contributed by atoms with Gasteiger partial charge in [0.05, 0.1) is 16.6 Å². The standard InChI is InChI=1S/C45H40N2O/c1-5-16-29(6-2)46(31-25-26-39-35(27-31)32-19-11-14-23-38(32)47(39)30-17-8-7-9-18-30)40-28-37-42(33-20-10-13-22-36(33)45(37,3)4)44-43(40)34-21-12-15-24-41(34)48-44/h5-9,11-13,15-19,21-22,24-28H,10,14,20,23H2,1-4H3/b16-5-,29-6+. The normalized spacial score (nSPS) is 16.8. The number of fused-ring (bicyclic) bond motifs is 9. The quantitative estimate of drug-likeness (QED) is 0.178. The van der Waals surface area contributed by atoms with Crippen molar-refractivity contribution in [3.8, 4) is 5.69 Å². The van der Waals surface area contributed by atoms with E-state index in [2.05, 4.69) is 159 Å². The van der Waals surface area contributed by atoms with Gasteiger partial charge >= 0.3 is 0 Å². The van der Waals surface area contributed by atoms with Gasteiger partial charge in [0.1, 0.15) is 11.2 Å². The second kappa shape index (κ2) is 10.9. The lowest BCUT2D eigenvalue weighted by atomic mass is 9.79. The second-order valence-electron chi connectivity index (χ2n) is 13.8. The number of furan rings is 1. The smallest absolute Gasteiger partial charge is 0.145 e. The van der Waals surface area contributed by atoms with Crippen LogP contribution in [0.3, 0.4) is 0 Å². The molecule has 2 aromatic heterocycles. The third kappa shape index (κ3) is 4.06. The Morgan fingerprint density at radius 1 is 0.854 bits per heavy atom. The highest BCUT2D eigenvalue weighted by Crippen LogP contribution is 2.56. The summed E-state index contributed by atoms with van der Waals surface area (Å²) in [6, 6.07) is 28.9. The lowest BCUT2D eigenvalue weighted by molar-refractivity contribution is 0.644. The Labute approximate surface area is 282 Å². The molecule has 0 saturated heterocycles. The number of allylic oxidation sites excluding steroid dienone is 8. The topological polar surface area (TPSA) is 21.3 Å². The van der Waals surface area contributed by atoms with Crippen LogP contribution >= 0.6 is 0 Å². The summed E-state index contributed by atoms with van der Waals surface area (Å²) < 4.78 is 9.37. The fourth-order valence-electron chi connectivity index (χ4n) is 8.62. The molecule has 0 radical (unpaired) electrons. The van der Waals surface area contributed by atoms with Crippen molar-refractivity contribution in [2.45, 2.75) is 58.8 Å². The first-order valence-electron chi connectivity index (χ1n) is 17.4. The van der Waals surface area contributed by atoms with E-state index < -0.39 is 0 Å². The molecule has 3 nitrogen and oxygen atoms in total. The van der Waals surface area contributed by atoms with Crippen LogP contribution in [0, 0.1) is 0 Å². The van der Waals surface area contributed by atoms with Gasteiger partial charge in [-0.25, -0.2) is 0 Å². The molecule has 0 saturated carbocycles. The number of anilines is 2. The number of benzene rings is 4. The van der Waals surface area contributed by atoms with Crippen LogP contribution in [-0.4, -0.2) is 4.57 Å². The van der Waals surface area contributed by atoms with Crippen molar-refractivity contribution in [3.63, 3.8) is 0 Å². The molecule has 0 bridgehead atoms. The number of rotatable bonds is 5. The number of hydrogen-bond donors (Lipinski definition) is 0. The zero-order valence-corrected chi connectivity index (χ0v) is 28.2. The number of para-hydroxylation sites is 2. The van der Waals surface area contributed by atoms with Gasteiger partial charge in [0, 0.05) is 50.1 Å². The molecule has 0 atom stereocenters. The molecule has 4 aromatic carbocycles. The van der Waals surface area contributed by atoms with Crippen molar-refractivity contribution in [1.29, 1.82) is 0 Å². The van der Waals surface area contributed by atoms with E-state index in [0.717, 1.165) is 59.3 Å². The summed E-state index contributed by atoms with van der Waals surface area (Å²) in [7, 11) is 0. The Morgan fingerprint density at radius 3 is 2.48 bits per heavy atom. The molecule has 6 aromatic rings. The molecule has 0 amide bonds. The minimum atomic E-state index is -0.132. The largest absolute Gasteiger partial charge is 0.455 e. The fourth-order valence-corrected chi connectivity index (χ4v) is 8.62.